The predicted octanol–water partition coefficient (Wildman–Crippen LogP) is 2.70. The fraction of sp³-hybridized carbons (Fsp3) is 0.421. The standard InChI is InChI=1S/C19H23N3O/c1-13-16(8-9-20-13)19(23)22-11-15-10-21(2)18(17(15)12-22)14-6-4-3-5-7-14/h3-9,15,17-18,20H,10-12H2,1-2H3/t15-,17+,18-/m0/s1. The number of carbonyl (C=O) groups is 1. The first-order chi connectivity index (χ1) is 11.1. The van der Waals surface area contributed by atoms with E-state index in [-0.39, 0.29) is 5.91 Å². The van der Waals surface area contributed by atoms with Crippen molar-refractivity contribution in [3.05, 3.63) is 59.4 Å². The van der Waals surface area contributed by atoms with Crippen LogP contribution in [-0.4, -0.2) is 47.4 Å². The molecule has 1 aromatic heterocycles. The number of nitrogens with one attached hydrogen (secondary N) is 1. The van der Waals surface area contributed by atoms with Gasteiger partial charge in [0.1, 0.15) is 0 Å². The quantitative estimate of drug-likeness (QED) is 0.926. The van der Waals surface area contributed by atoms with Crippen LogP contribution in [0.15, 0.2) is 42.6 Å². The smallest absolute Gasteiger partial charge is 0.255 e. The van der Waals surface area contributed by atoms with Gasteiger partial charge in [0.05, 0.1) is 5.56 Å². The van der Waals surface area contributed by atoms with Crippen LogP contribution in [0.4, 0.5) is 0 Å². The van der Waals surface area contributed by atoms with Crippen molar-refractivity contribution in [2.75, 3.05) is 26.7 Å². The number of hydrogen-bond donors (Lipinski definition) is 1. The highest BCUT2D eigenvalue weighted by Gasteiger charge is 2.47. The second-order valence-electron chi connectivity index (χ2n) is 6.95. The molecule has 2 saturated heterocycles. The van der Waals surface area contributed by atoms with Gasteiger partial charge in [-0.1, -0.05) is 30.3 Å². The van der Waals surface area contributed by atoms with Crippen LogP contribution in [0.1, 0.15) is 27.7 Å². The molecule has 2 fully saturated rings. The Balaban J connectivity index is 1.56. The van der Waals surface area contributed by atoms with Gasteiger partial charge in [0.15, 0.2) is 0 Å². The summed E-state index contributed by atoms with van der Waals surface area (Å²) in [4.78, 5) is 20.4. The molecule has 0 spiro atoms. The lowest BCUT2D eigenvalue weighted by Gasteiger charge is -2.27. The molecule has 0 saturated carbocycles. The van der Waals surface area contributed by atoms with Gasteiger partial charge in [-0.15, -0.1) is 0 Å². The van der Waals surface area contributed by atoms with Gasteiger partial charge in [0.2, 0.25) is 0 Å². The summed E-state index contributed by atoms with van der Waals surface area (Å²) >= 11 is 0. The maximum Gasteiger partial charge on any atom is 0.255 e. The molecular weight excluding hydrogens is 286 g/mol. The minimum atomic E-state index is 0.174. The van der Waals surface area contributed by atoms with E-state index in [9.17, 15) is 4.79 Å². The highest BCUT2D eigenvalue weighted by molar-refractivity contribution is 5.95. The molecule has 1 aromatic carbocycles. The number of rotatable bonds is 2. The number of nitrogens with zero attached hydrogens (tertiary/aromatic N) is 2. The van der Waals surface area contributed by atoms with Crippen LogP contribution >= 0.6 is 0 Å². The average Bonchev–Trinajstić information content (AvgIpc) is 3.21. The van der Waals surface area contributed by atoms with Crippen molar-refractivity contribution in [2.45, 2.75) is 13.0 Å². The summed E-state index contributed by atoms with van der Waals surface area (Å²) in [6.07, 6.45) is 1.85. The van der Waals surface area contributed by atoms with E-state index in [1.165, 1.54) is 5.56 Å². The monoisotopic (exact) mass is 309 g/mol. The van der Waals surface area contributed by atoms with Crippen molar-refractivity contribution in [3.63, 3.8) is 0 Å². The first-order valence-corrected chi connectivity index (χ1v) is 8.33. The first-order valence-electron chi connectivity index (χ1n) is 8.33. The molecule has 23 heavy (non-hydrogen) atoms. The van der Waals surface area contributed by atoms with Crippen molar-refractivity contribution in [2.24, 2.45) is 11.8 Å². The fourth-order valence-electron chi connectivity index (χ4n) is 4.43. The van der Waals surface area contributed by atoms with E-state index < -0.39 is 0 Å². The van der Waals surface area contributed by atoms with E-state index >= 15 is 0 Å². The zero-order valence-electron chi connectivity index (χ0n) is 13.7. The van der Waals surface area contributed by atoms with Crippen molar-refractivity contribution >= 4 is 5.91 Å². The molecule has 120 valence electrons. The molecule has 1 N–H and O–H groups in total. The highest BCUT2D eigenvalue weighted by Crippen LogP contribution is 2.44. The molecular formula is C19H23N3O. The zero-order valence-corrected chi connectivity index (χ0v) is 13.7. The van der Waals surface area contributed by atoms with Gasteiger partial charge in [-0.25, -0.2) is 0 Å². The Morgan fingerprint density at radius 1 is 1.13 bits per heavy atom. The van der Waals surface area contributed by atoms with E-state index in [0.717, 1.165) is 30.9 Å². The number of likely N-dealkylation sites (tertiary alicyclic amines) is 2. The summed E-state index contributed by atoms with van der Waals surface area (Å²) in [5.74, 6) is 1.28. The lowest BCUT2D eigenvalue weighted by atomic mass is 9.90. The van der Waals surface area contributed by atoms with Crippen molar-refractivity contribution in [1.82, 2.24) is 14.8 Å². The van der Waals surface area contributed by atoms with E-state index in [1.807, 2.05) is 19.2 Å². The second kappa shape index (κ2) is 5.53. The Morgan fingerprint density at radius 2 is 1.91 bits per heavy atom. The third-order valence-corrected chi connectivity index (χ3v) is 5.51. The molecule has 2 aromatic rings. The number of amides is 1. The summed E-state index contributed by atoms with van der Waals surface area (Å²) in [5, 5.41) is 0. The van der Waals surface area contributed by atoms with Gasteiger partial charge in [0, 0.05) is 43.5 Å². The maximum absolute atomic E-state index is 12.8. The molecule has 4 nitrogen and oxygen atoms in total. The van der Waals surface area contributed by atoms with Crippen LogP contribution < -0.4 is 0 Å². The number of aromatic nitrogens is 1. The van der Waals surface area contributed by atoms with Gasteiger partial charge >= 0.3 is 0 Å². The Morgan fingerprint density at radius 3 is 2.61 bits per heavy atom. The molecule has 3 heterocycles. The lowest BCUT2D eigenvalue weighted by molar-refractivity contribution is 0.0767. The molecule has 4 heteroatoms. The zero-order chi connectivity index (χ0) is 16.0. The Kier molecular flexibility index (Phi) is 3.49. The Labute approximate surface area is 137 Å². The average molecular weight is 309 g/mol. The number of aromatic amines is 1. The van der Waals surface area contributed by atoms with Crippen LogP contribution in [0.5, 0.6) is 0 Å². The third-order valence-electron chi connectivity index (χ3n) is 5.51. The Bertz CT molecular complexity index is 708. The molecule has 0 bridgehead atoms. The largest absolute Gasteiger partial charge is 0.365 e. The molecule has 0 unspecified atom stereocenters. The van der Waals surface area contributed by atoms with Crippen LogP contribution in [0, 0.1) is 18.8 Å². The number of aryl methyl sites for hydroxylation is 1. The SMILES string of the molecule is Cc1[nH]ccc1C(=O)N1C[C@@H]2CN(C)[C@@H](c3ccccc3)[C@@H]2C1. The van der Waals surface area contributed by atoms with Gasteiger partial charge in [-0.2, -0.15) is 0 Å². The first kappa shape index (κ1) is 14.5. The minimum Gasteiger partial charge on any atom is -0.365 e. The van der Waals surface area contributed by atoms with E-state index in [1.54, 1.807) is 0 Å². The second-order valence-corrected chi connectivity index (χ2v) is 6.95. The van der Waals surface area contributed by atoms with Crippen LogP contribution in [-0.2, 0) is 0 Å². The number of carbonyl (C=O) groups excluding carboxylic acids is 1. The number of H-pyrrole nitrogens is 1. The summed E-state index contributed by atoms with van der Waals surface area (Å²) in [7, 11) is 2.21. The van der Waals surface area contributed by atoms with Crippen LogP contribution in [0.25, 0.3) is 0 Å². The van der Waals surface area contributed by atoms with Gasteiger partial charge < -0.3 is 9.88 Å². The van der Waals surface area contributed by atoms with Gasteiger partial charge in [0.25, 0.3) is 5.91 Å². The predicted molar refractivity (Wildman–Crippen MR) is 90.2 cm³/mol. The number of benzene rings is 1. The summed E-state index contributed by atoms with van der Waals surface area (Å²) < 4.78 is 0. The molecule has 3 atom stereocenters. The number of hydrogen-bond acceptors (Lipinski definition) is 2. The molecule has 0 radical (unpaired) electrons. The van der Waals surface area contributed by atoms with Crippen molar-refractivity contribution in [1.29, 1.82) is 0 Å². The third kappa shape index (κ3) is 2.38. The van der Waals surface area contributed by atoms with E-state index in [0.29, 0.717) is 17.9 Å². The lowest BCUT2D eigenvalue weighted by Crippen LogP contribution is -2.33. The topological polar surface area (TPSA) is 39.3 Å². The van der Waals surface area contributed by atoms with Crippen molar-refractivity contribution in [3.8, 4) is 0 Å². The molecule has 2 aliphatic heterocycles. The molecule has 2 aliphatic rings. The number of fused-ring (bicyclic) bond motifs is 1. The fourth-order valence-corrected chi connectivity index (χ4v) is 4.43. The normalized spacial score (nSPS) is 27.4. The van der Waals surface area contributed by atoms with Crippen molar-refractivity contribution < 1.29 is 4.79 Å². The van der Waals surface area contributed by atoms with E-state index in [2.05, 4.69) is 52.2 Å². The van der Waals surface area contributed by atoms with Crippen LogP contribution in [0.3, 0.4) is 0 Å². The summed E-state index contributed by atoms with van der Waals surface area (Å²) in [6.45, 7) is 4.77. The van der Waals surface area contributed by atoms with Gasteiger partial charge in [-0.3, -0.25) is 9.69 Å². The molecule has 0 aliphatic carbocycles. The molecule has 4 rings (SSSR count). The van der Waals surface area contributed by atoms with Crippen LogP contribution in [0.2, 0.25) is 0 Å². The highest BCUT2D eigenvalue weighted by atomic mass is 16.2. The summed E-state index contributed by atoms with van der Waals surface area (Å²) in [6, 6.07) is 13.0. The Hall–Kier alpha value is -2.07. The summed E-state index contributed by atoms with van der Waals surface area (Å²) in [5.41, 5.74) is 3.15. The van der Waals surface area contributed by atoms with E-state index in [4.69, 9.17) is 0 Å². The van der Waals surface area contributed by atoms with Gasteiger partial charge in [-0.05, 0) is 31.5 Å². The minimum absolute atomic E-state index is 0.174. The molecule has 1 amide bonds. The maximum atomic E-state index is 12.8.